The van der Waals surface area contributed by atoms with Crippen molar-refractivity contribution in [3.05, 3.63) is 11.6 Å². The van der Waals surface area contributed by atoms with E-state index in [2.05, 4.69) is 12.8 Å². The normalized spacial score (nSPS) is 57.7. The van der Waals surface area contributed by atoms with Gasteiger partial charge in [0.05, 0.1) is 18.3 Å². The monoisotopic (exact) mass is 346 g/mol. The second-order valence-electron chi connectivity index (χ2n) is 9.44. The highest BCUT2D eigenvalue weighted by Crippen LogP contribution is 2.66. The van der Waals surface area contributed by atoms with E-state index in [0.29, 0.717) is 6.42 Å². The van der Waals surface area contributed by atoms with Crippen molar-refractivity contribution in [2.75, 3.05) is 0 Å². The van der Waals surface area contributed by atoms with E-state index in [-0.39, 0.29) is 35.7 Å². The Morgan fingerprint density at radius 2 is 1.88 bits per heavy atom. The fraction of sp³-hybridized carbons (Fsp3) is 0.810. The predicted octanol–water partition coefficient (Wildman–Crippen LogP) is 1.62. The van der Waals surface area contributed by atoms with Crippen molar-refractivity contribution in [2.24, 2.45) is 28.6 Å². The Balaban J connectivity index is 1.78. The Morgan fingerprint density at radius 3 is 2.56 bits per heavy atom. The van der Waals surface area contributed by atoms with E-state index < -0.39 is 23.2 Å². The Hall–Kier alpha value is -0.860. The van der Waals surface area contributed by atoms with Gasteiger partial charge in [0.1, 0.15) is 5.60 Å². The lowest BCUT2D eigenvalue weighted by Crippen LogP contribution is -2.58. The van der Waals surface area contributed by atoms with E-state index in [1.165, 1.54) is 5.57 Å². The van der Waals surface area contributed by atoms with Crippen molar-refractivity contribution in [1.29, 1.82) is 0 Å². The highest BCUT2D eigenvalue weighted by molar-refractivity contribution is 5.31. The molecule has 0 aromatic heterocycles. The van der Waals surface area contributed by atoms with Crippen molar-refractivity contribution in [1.82, 2.24) is 0 Å². The first-order valence-corrected chi connectivity index (χ1v) is 9.62. The van der Waals surface area contributed by atoms with Crippen molar-refractivity contribution < 1.29 is 20.4 Å². The summed E-state index contributed by atoms with van der Waals surface area (Å²) in [4.78, 5) is 0. The van der Waals surface area contributed by atoms with Gasteiger partial charge in [0.15, 0.2) is 0 Å². The third kappa shape index (κ3) is 2.10. The molecule has 4 heteroatoms. The average Bonchev–Trinajstić information content (AvgIpc) is 2.76. The van der Waals surface area contributed by atoms with Crippen LogP contribution in [0.15, 0.2) is 11.6 Å². The number of aliphatic hydroxyl groups excluding tert-OH is 3. The quantitative estimate of drug-likeness (QED) is 0.397. The molecule has 0 saturated heterocycles. The number of hydrogen-bond donors (Lipinski definition) is 4. The van der Waals surface area contributed by atoms with Gasteiger partial charge in [0, 0.05) is 11.8 Å². The summed E-state index contributed by atoms with van der Waals surface area (Å²) in [6.07, 6.45) is 10.1. The molecule has 0 bridgehead atoms. The minimum absolute atomic E-state index is 0.0406. The van der Waals surface area contributed by atoms with Crippen LogP contribution >= 0.6 is 0 Å². The molecule has 4 aliphatic rings. The fourth-order valence-corrected chi connectivity index (χ4v) is 6.95. The molecule has 4 N–H and O–H groups in total. The summed E-state index contributed by atoms with van der Waals surface area (Å²) in [5, 5.41) is 42.8. The van der Waals surface area contributed by atoms with Crippen LogP contribution in [0.2, 0.25) is 0 Å². The summed E-state index contributed by atoms with van der Waals surface area (Å²) in [5.74, 6) is 2.51. The molecule has 4 unspecified atom stereocenters. The van der Waals surface area contributed by atoms with Crippen molar-refractivity contribution in [3.8, 4) is 12.3 Å². The molecule has 25 heavy (non-hydrogen) atoms. The average molecular weight is 346 g/mol. The van der Waals surface area contributed by atoms with E-state index in [4.69, 9.17) is 6.42 Å². The molecule has 0 aromatic carbocycles. The Morgan fingerprint density at radius 1 is 1.16 bits per heavy atom. The van der Waals surface area contributed by atoms with Gasteiger partial charge >= 0.3 is 0 Å². The van der Waals surface area contributed by atoms with E-state index in [1.807, 2.05) is 13.0 Å². The van der Waals surface area contributed by atoms with Crippen molar-refractivity contribution in [3.63, 3.8) is 0 Å². The van der Waals surface area contributed by atoms with Gasteiger partial charge in [-0.3, -0.25) is 0 Å². The number of aliphatic hydroxyl groups is 4. The van der Waals surface area contributed by atoms with Crippen LogP contribution in [0.25, 0.3) is 0 Å². The highest BCUT2D eigenvalue weighted by atomic mass is 16.3. The SMILES string of the molecule is C#CC1(O)CC(O)[C@H]2[C@@H]3C(O)C=C4CC(O)CC[C@]4(C)[C@@H]3CC[C@@]21C. The fourth-order valence-electron chi connectivity index (χ4n) is 6.95. The first-order valence-electron chi connectivity index (χ1n) is 9.62. The summed E-state index contributed by atoms with van der Waals surface area (Å²) >= 11 is 0. The molecule has 138 valence electrons. The number of terminal acetylenes is 1. The molecule has 3 saturated carbocycles. The third-order valence-electron chi connectivity index (χ3n) is 8.46. The zero-order chi connectivity index (χ0) is 18.2. The smallest absolute Gasteiger partial charge is 0.133 e. The second-order valence-corrected chi connectivity index (χ2v) is 9.44. The molecule has 4 rings (SSSR count). The summed E-state index contributed by atoms with van der Waals surface area (Å²) in [6.45, 7) is 4.24. The first-order chi connectivity index (χ1) is 11.7. The predicted molar refractivity (Wildman–Crippen MR) is 94.3 cm³/mol. The van der Waals surface area contributed by atoms with Gasteiger partial charge in [-0.05, 0) is 55.3 Å². The first kappa shape index (κ1) is 17.5. The van der Waals surface area contributed by atoms with Crippen LogP contribution in [0.1, 0.15) is 52.4 Å². The summed E-state index contributed by atoms with van der Waals surface area (Å²) < 4.78 is 0. The lowest BCUT2D eigenvalue weighted by Gasteiger charge is -2.59. The van der Waals surface area contributed by atoms with Crippen LogP contribution in [-0.4, -0.2) is 44.3 Å². The maximum Gasteiger partial charge on any atom is 0.133 e. The maximum atomic E-state index is 11.0. The molecule has 0 amide bonds. The summed E-state index contributed by atoms with van der Waals surface area (Å²) in [5.41, 5.74) is -0.751. The van der Waals surface area contributed by atoms with Gasteiger partial charge in [-0.15, -0.1) is 6.42 Å². The Kier molecular flexibility index (Phi) is 3.74. The molecule has 4 aliphatic carbocycles. The molecule has 0 radical (unpaired) electrons. The van der Waals surface area contributed by atoms with Crippen LogP contribution in [0, 0.1) is 40.9 Å². The second kappa shape index (κ2) is 5.33. The summed E-state index contributed by atoms with van der Waals surface area (Å²) in [7, 11) is 0. The molecule has 9 atom stereocenters. The lowest BCUT2D eigenvalue weighted by atomic mass is 9.46. The van der Waals surface area contributed by atoms with Crippen LogP contribution in [0.3, 0.4) is 0 Å². The largest absolute Gasteiger partial charge is 0.393 e. The van der Waals surface area contributed by atoms with E-state index >= 15 is 0 Å². The molecule has 0 spiro atoms. The molecule has 0 aromatic rings. The van der Waals surface area contributed by atoms with Crippen molar-refractivity contribution in [2.45, 2.75) is 76.3 Å². The van der Waals surface area contributed by atoms with Crippen LogP contribution in [0.4, 0.5) is 0 Å². The standard InChI is InChI=1S/C21H30O4/c1-4-21(25)11-16(24)18-17-14(6-8-20(18,21)3)19(2)7-5-13(22)9-12(19)10-15(17)23/h1,10,13-18,22-25H,5-9,11H2,2-3H3/t13?,14-,15?,16?,17+,18+,19+,20+,21?/m1/s1. The molecule has 0 aliphatic heterocycles. The van der Waals surface area contributed by atoms with E-state index in [9.17, 15) is 20.4 Å². The van der Waals surface area contributed by atoms with Gasteiger partial charge in [0.25, 0.3) is 0 Å². The lowest BCUT2D eigenvalue weighted by molar-refractivity contribution is -0.136. The van der Waals surface area contributed by atoms with Crippen molar-refractivity contribution >= 4 is 0 Å². The minimum atomic E-state index is -1.31. The molecule has 0 heterocycles. The Bertz CT molecular complexity index is 651. The van der Waals surface area contributed by atoms with Gasteiger partial charge in [-0.1, -0.05) is 31.4 Å². The number of fused-ring (bicyclic) bond motifs is 5. The van der Waals surface area contributed by atoms with Gasteiger partial charge in [-0.2, -0.15) is 0 Å². The highest BCUT2D eigenvalue weighted by Gasteiger charge is 2.67. The van der Waals surface area contributed by atoms with E-state index in [0.717, 1.165) is 25.7 Å². The van der Waals surface area contributed by atoms with E-state index in [1.54, 1.807) is 0 Å². The van der Waals surface area contributed by atoms with Crippen LogP contribution in [-0.2, 0) is 0 Å². The zero-order valence-corrected chi connectivity index (χ0v) is 15.2. The third-order valence-corrected chi connectivity index (χ3v) is 8.46. The van der Waals surface area contributed by atoms with Crippen LogP contribution < -0.4 is 0 Å². The van der Waals surface area contributed by atoms with Gasteiger partial charge < -0.3 is 20.4 Å². The number of hydrogen-bond acceptors (Lipinski definition) is 4. The summed E-state index contributed by atoms with van der Waals surface area (Å²) in [6, 6.07) is 0. The molecule has 3 fully saturated rings. The minimum Gasteiger partial charge on any atom is -0.393 e. The maximum absolute atomic E-state index is 11.0. The topological polar surface area (TPSA) is 80.9 Å². The molecular formula is C21H30O4. The molecular weight excluding hydrogens is 316 g/mol. The van der Waals surface area contributed by atoms with Crippen LogP contribution in [0.5, 0.6) is 0 Å². The molecule has 4 nitrogen and oxygen atoms in total. The van der Waals surface area contributed by atoms with Gasteiger partial charge in [0.2, 0.25) is 0 Å². The number of rotatable bonds is 0. The zero-order valence-electron chi connectivity index (χ0n) is 15.2. The van der Waals surface area contributed by atoms with Gasteiger partial charge in [-0.25, -0.2) is 0 Å². The Labute approximate surface area is 150 Å².